The van der Waals surface area contributed by atoms with Crippen LogP contribution in [0, 0.1) is 16.7 Å². The predicted molar refractivity (Wildman–Crippen MR) is 68.2 cm³/mol. The van der Waals surface area contributed by atoms with E-state index in [1.165, 1.54) is 0 Å². The fourth-order valence-electron chi connectivity index (χ4n) is 2.88. The van der Waals surface area contributed by atoms with Crippen molar-refractivity contribution in [1.29, 1.82) is 0 Å². The Morgan fingerprint density at radius 2 is 1.75 bits per heavy atom. The molecule has 1 saturated carbocycles. The molecular weight excluding hydrogens is 198 g/mol. The summed E-state index contributed by atoms with van der Waals surface area (Å²) < 4.78 is 0. The molecule has 0 bridgehead atoms. The highest BCUT2D eigenvalue weighted by molar-refractivity contribution is 5.86. The third-order valence-electron chi connectivity index (χ3n) is 3.78. The average molecular weight is 225 g/mol. The van der Waals surface area contributed by atoms with E-state index in [1.54, 1.807) is 0 Å². The van der Waals surface area contributed by atoms with E-state index < -0.39 is 0 Å². The van der Waals surface area contributed by atoms with Crippen LogP contribution >= 0.6 is 0 Å². The molecule has 1 rings (SSSR count). The first-order valence-electron chi connectivity index (χ1n) is 6.56. The Kier molecular flexibility index (Phi) is 3.71. The number of hydrogen-bond donors (Lipinski definition) is 0. The second-order valence-electron chi connectivity index (χ2n) is 6.48. The monoisotopic (exact) mass is 225 g/mol. The lowest BCUT2D eigenvalue weighted by Gasteiger charge is -2.30. The number of carbonyl (C=O) groups is 1. The van der Waals surface area contributed by atoms with E-state index in [2.05, 4.69) is 41.5 Å². The van der Waals surface area contributed by atoms with E-state index in [0.29, 0.717) is 11.8 Å². The Bertz CT molecular complexity index is 262. The molecule has 2 atom stereocenters. The lowest BCUT2D eigenvalue weighted by Crippen LogP contribution is -2.39. The lowest BCUT2D eigenvalue weighted by molar-refractivity contribution is -0.138. The first-order valence-corrected chi connectivity index (χ1v) is 6.56. The van der Waals surface area contributed by atoms with Crippen LogP contribution < -0.4 is 0 Å². The van der Waals surface area contributed by atoms with Gasteiger partial charge in [0.25, 0.3) is 0 Å². The van der Waals surface area contributed by atoms with E-state index in [1.807, 2.05) is 4.90 Å². The molecule has 0 saturated heterocycles. The minimum absolute atomic E-state index is 0.0374. The van der Waals surface area contributed by atoms with Gasteiger partial charge in [0.1, 0.15) is 0 Å². The summed E-state index contributed by atoms with van der Waals surface area (Å²) >= 11 is 0. The van der Waals surface area contributed by atoms with E-state index in [-0.39, 0.29) is 10.8 Å². The number of rotatable bonds is 4. The third-order valence-corrected chi connectivity index (χ3v) is 3.78. The molecule has 1 fully saturated rings. The molecule has 1 aliphatic carbocycles. The molecule has 0 radical (unpaired) electrons. The van der Waals surface area contributed by atoms with E-state index in [0.717, 1.165) is 25.9 Å². The predicted octanol–water partition coefficient (Wildman–Crippen LogP) is 3.32. The minimum Gasteiger partial charge on any atom is -0.343 e. The Morgan fingerprint density at radius 3 is 2.00 bits per heavy atom. The Morgan fingerprint density at radius 1 is 1.31 bits per heavy atom. The molecule has 2 heteroatoms. The fraction of sp³-hybridized carbons (Fsp3) is 0.929. The van der Waals surface area contributed by atoms with Crippen molar-refractivity contribution in [2.24, 2.45) is 16.7 Å². The Hall–Kier alpha value is -0.530. The number of nitrogens with zero attached hydrogens (tertiary/aromatic N) is 1. The smallest absolute Gasteiger partial charge is 0.229 e. The lowest BCUT2D eigenvalue weighted by atomic mass is 9.80. The second-order valence-corrected chi connectivity index (χ2v) is 6.48. The van der Waals surface area contributed by atoms with Crippen LogP contribution in [-0.4, -0.2) is 23.9 Å². The molecule has 0 aromatic carbocycles. The summed E-state index contributed by atoms with van der Waals surface area (Å²) in [6.45, 7) is 14.7. The molecule has 0 heterocycles. The molecule has 0 aliphatic heterocycles. The second kappa shape index (κ2) is 4.38. The molecule has 1 amide bonds. The summed E-state index contributed by atoms with van der Waals surface area (Å²) in [6, 6.07) is 0. The molecule has 2 nitrogen and oxygen atoms in total. The van der Waals surface area contributed by atoms with Gasteiger partial charge in [0.15, 0.2) is 0 Å². The van der Waals surface area contributed by atoms with Gasteiger partial charge in [-0.15, -0.1) is 0 Å². The minimum atomic E-state index is -0.0374. The van der Waals surface area contributed by atoms with Crippen molar-refractivity contribution in [2.45, 2.75) is 54.4 Å². The zero-order valence-corrected chi connectivity index (χ0v) is 11.8. The third kappa shape index (κ3) is 2.58. The van der Waals surface area contributed by atoms with Crippen LogP contribution in [0.5, 0.6) is 0 Å². The molecule has 16 heavy (non-hydrogen) atoms. The van der Waals surface area contributed by atoms with Gasteiger partial charge in [-0.05, 0) is 38.0 Å². The Labute approximate surface area is 100 Å². The van der Waals surface area contributed by atoms with Crippen LogP contribution in [0.15, 0.2) is 0 Å². The molecule has 0 aromatic heterocycles. The summed E-state index contributed by atoms with van der Waals surface area (Å²) in [5.41, 5.74) is 0.206. The molecule has 1 aliphatic rings. The van der Waals surface area contributed by atoms with Crippen LogP contribution in [-0.2, 0) is 4.79 Å². The van der Waals surface area contributed by atoms with Gasteiger partial charge in [-0.1, -0.05) is 27.7 Å². The van der Waals surface area contributed by atoms with Crippen LogP contribution in [0.25, 0.3) is 0 Å². The van der Waals surface area contributed by atoms with Gasteiger partial charge in [0, 0.05) is 13.1 Å². The summed E-state index contributed by atoms with van der Waals surface area (Å²) in [4.78, 5) is 14.5. The topological polar surface area (TPSA) is 20.3 Å². The fourth-order valence-corrected chi connectivity index (χ4v) is 2.88. The van der Waals surface area contributed by atoms with Crippen molar-refractivity contribution >= 4 is 5.91 Å². The SMILES string of the molecule is CCN(CC)C(=O)C1(CC(C)(C)C)CC1C. The highest BCUT2D eigenvalue weighted by Crippen LogP contribution is 2.59. The van der Waals surface area contributed by atoms with Crippen molar-refractivity contribution in [3.05, 3.63) is 0 Å². The highest BCUT2D eigenvalue weighted by atomic mass is 16.2. The van der Waals surface area contributed by atoms with Crippen molar-refractivity contribution < 1.29 is 4.79 Å². The van der Waals surface area contributed by atoms with Gasteiger partial charge in [-0.25, -0.2) is 0 Å². The van der Waals surface area contributed by atoms with E-state index >= 15 is 0 Å². The molecule has 0 N–H and O–H groups in total. The van der Waals surface area contributed by atoms with Crippen molar-refractivity contribution in [3.63, 3.8) is 0 Å². The van der Waals surface area contributed by atoms with Crippen LogP contribution in [0.4, 0.5) is 0 Å². The summed E-state index contributed by atoms with van der Waals surface area (Å²) in [5, 5.41) is 0. The molecule has 2 unspecified atom stereocenters. The number of hydrogen-bond acceptors (Lipinski definition) is 1. The van der Waals surface area contributed by atoms with Gasteiger partial charge < -0.3 is 4.90 Å². The van der Waals surface area contributed by atoms with Gasteiger partial charge >= 0.3 is 0 Å². The van der Waals surface area contributed by atoms with Gasteiger partial charge in [0.2, 0.25) is 5.91 Å². The average Bonchev–Trinajstić information content (AvgIpc) is 2.76. The summed E-state index contributed by atoms with van der Waals surface area (Å²) in [6.07, 6.45) is 2.11. The molecule has 94 valence electrons. The number of carbonyl (C=O) groups excluding carboxylic acids is 1. The normalized spacial score (nSPS) is 29.0. The van der Waals surface area contributed by atoms with Gasteiger partial charge in [-0.3, -0.25) is 4.79 Å². The van der Waals surface area contributed by atoms with Gasteiger partial charge in [-0.2, -0.15) is 0 Å². The summed E-state index contributed by atoms with van der Waals surface area (Å²) in [7, 11) is 0. The van der Waals surface area contributed by atoms with Crippen LogP contribution in [0.3, 0.4) is 0 Å². The molecule has 0 spiro atoms. The first-order chi connectivity index (χ1) is 7.27. The highest BCUT2D eigenvalue weighted by Gasteiger charge is 2.59. The molecule has 0 aromatic rings. The Balaban J connectivity index is 2.78. The standard InChI is InChI=1S/C14H27NO/c1-7-15(8-2)12(16)14(9-11(14)3)10-13(4,5)6/h11H,7-10H2,1-6H3. The maximum absolute atomic E-state index is 12.5. The van der Waals surface area contributed by atoms with Gasteiger partial charge in [0.05, 0.1) is 5.41 Å². The maximum atomic E-state index is 12.5. The van der Waals surface area contributed by atoms with E-state index in [4.69, 9.17) is 0 Å². The van der Waals surface area contributed by atoms with Crippen LogP contribution in [0.2, 0.25) is 0 Å². The maximum Gasteiger partial charge on any atom is 0.229 e. The van der Waals surface area contributed by atoms with Crippen molar-refractivity contribution in [2.75, 3.05) is 13.1 Å². The number of amides is 1. The zero-order valence-electron chi connectivity index (χ0n) is 11.8. The first kappa shape index (κ1) is 13.5. The van der Waals surface area contributed by atoms with E-state index in [9.17, 15) is 4.79 Å². The quantitative estimate of drug-likeness (QED) is 0.718. The largest absolute Gasteiger partial charge is 0.343 e. The zero-order chi connectivity index (χ0) is 12.6. The van der Waals surface area contributed by atoms with Crippen LogP contribution in [0.1, 0.15) is 54.4 Å². The van der Waals surface area contributed by atoms with Crippen molar-refractivity contribution in [3.8, 4) is 0 Å². The summed E-state index contributed by atoms with van der Waals surface area (Å²) in [5.74, 6) is 0.958. The molecular formula is C14H27NO. The van der Waals surface area contributed by atoms with Crippen molar-refractivity contribution in [1.82, 2.24) is 4.90 Å².